The highest BCUT2D eigenvalue weighted by Gasteiger charge is 2.10. The Morgan fingerprint density at radius 1 is 0.935 bits per heavy atom. The number of methoxy groups -OCH3 is 1. The Kier molecular flexibility index (Phi) is 6.13. The Labute approximate surface area is 182 Å². The lowest BCUT2D eigenvalue weighted by molar-refractivity contribution is 0.240. The van der Waals surface area contributed by atoms with Gasteiger partial charge in [-0.1, -0.05) is 48.5 Å². The van der Waals surface area contributed by atoms with Crippen LogP contribution in [0, 0.1) is 6.92 Å². The largest absolute Gasteiger partial charge is 0.496 e. The van der Waals surface area contributed by atoms with Crippen LogP contribution >= 0.6 is 0 Å². The normalized spacial score (nSPS) is 10.6. The number of ether oxygens (including phenoxy) is 1. The van der Waals surface area contributed by atoms with Crippen molar-refractivity contribution in [3.63, 3.8) is 0 Å². The molecule has 0 fully saturated rings. The number of hydrogen-bond acceptors (Lipinski definition) is 3. The van der Waals surface area contributed by atoms with Gasteiger partial charge in [-0.2, -0.15) is 0 Å². The number of nitrogens with one attached hydrogen (secondary N) is 2. The summed E-state index contributed by atoms with van der Waals surface area (Å²) in [6.07, 6.45) is 3.65. The van der Waals surface area contributed by atoms with Crippen molar-refractivity contribution in [2.75, 3.05) is 7.11 Å². The average Bonchev–Trinajstić information content (AvgIpc) is 2.81. The lowest BCUT2D eigenvalue weighted by Crippen LogP contribution is -2.34. The fourth-order valence-corrected chi connectivity index (χ4v) is 3.72. The molecule has 0 saturated heterocycles. The van der Waals surface area contributed by atoms with E-state index in [-0.39, 0.29) is 6.03 Å². The van der Waals surface area contributed by atoms with Gasteiger partial charge in [0.2, 0.25) is 0 Å². The van der Waals surface area contributed by atoms with Gasteiger partial charge in [0.1, 0.15) is 5.75 Å². The molecular formula is C26H25N3O2. The minimum absolute atomic E-state index is 0.198. The summed E-state index contributed by atoms with van der Waals surface area (Å²) in [4.78, 5) is 16.6. The van der Waals surface area contributed by atoms with E-state index in [1.165, 1.54) is 0 Å². The van der Waals surface area contributed by atoms with Gasteiger partial charge in [-0.3, -0.25) is 4.98 Å². The number of hydrogen-bond donors (Lipinski definition) is 2. The fraction of sp³-hybridized carbons (Fsp3) is 0.154. The van der Waals surface area contributed by atoms with Crippen LogP contribution < -0.4 is 15.4 Å². The number of benzene rings is 3. The Hall–Kier alpha value is -3.86. The zero-order valence-electron chi connectivity index (χ0n) is 17.7. The second-order valence-corrected chi connectivity index (χ2v) is 7.40. The highest BCUT2D eigenvalue weighted by atomic mass is 16.5. The fourth-order valence-electron chi connectivity index (χ4n) is 3.72. The van der Waals surface area contributed by atoms with Crippen LogP contribution in [0.4, 0.5) is 4.79 Å². The SMILES string of the molecule is COc1ccc(-c2ccc(CNC(=O)NCc3ccccc3)c3cnccc23)cc1C. The number of carbonyl (C=O) groups is 1. The maximum absolute atomic E-state index is 12.3. The van der Waals surface area contributed by atoms with Gasteiger partial charge in [-0.25, -0.2) is 4.79 Å². The van der Waals surface area contributed by atoms with E-state index in [1.54, 1.807) is 13.3 Å². The third-order valence-electron chi connectivity index (χ3n) is 5.35. The van der Waals surface area contributed by atoms with Crippen molar-refractivity contribution in [1.29, 1.82) is 0 Å². The van der Waals surface area contributed by atoms with E-state index in [0.717, 1.165) is 44.3 Å². The van der Waals surface area contributed by atoms with Crippen LogP contribution in [0.3, 0.4) is 0 Å². The van der Waals surface area contributed by atoms with E-state index in [0.29, 0.717) is 13.1 Å². The second-order valence-electron chi connectivity index (χ2n) is 7.40. The van der Waals surface area contributed by atoms with Gasteiger partial charge in [0, 0.05) is 30.9 Å². The first-order chi connectivity index (χ1) is 15.2. The molecule has 2 N–H and O–H groups in total. The van der Waals surface area contributed by atoms with Crippen molar-refractivity contribution < 1.29 is 9.53 Å². The quantitative estimate of drug-likeness (QED) is 0.457. The number of carbonyl (C=O) groups excluding carboxylic acids is 1. The van der Waals surface area contributed by atoms with E-state index >= 15 is 0 Å². The first kappa shape index (κ1) is 20.4. The summed E-state index contributed by atoms with van der Waals surface area (Å²) in [6.45, 7) is 2.95. The minimum Gasteiger partial charge on any atom is -0.496 e. The van der Waals surface area contributed by atoms with E-state index in [2.05, 4.69) is 39.9 Å². The van der Waals surface area contributed by atoms with Gasteiger partial charge in [0.25, 0.3) is 0 Å². The van der Waals surface area contributed by atoms with Crippen LogP contribution in [0.25, 0.3) is 21.9 Å². The summed E-state index contributed by atoms with van der Waals surface area (Å²) in [7, 11) is 1.68. The zero-order valence-corrected chi connectivity index (χ0v) is 17.7. The molecule has 0 bridgehead atoms. The summed E-state index contributed by atoms with van der Waals surface area (Å²) >= 11 is 0. The van der Waals surface area contributed by atoms with Crippen molar-refractivity contribution in [1.82, 2.24) is 15.6 Å². The molecule has 0 spiro atoms. The number of fused-ring (bicyclic) bond motifs is 1. The number of aryl methyl sites for hydroxylation is 1. The lowest BCUT2D eigenvalue weighted by Gasteiger charge is -2.14. The zero-order chi connectivity index (χ0) is 21.6. The van der Waals surface area contributed by atoms with E-state index in [9.17, 15) is 4.79 Å². The number of rotatable bonds is 6. The Morgan fingerprint density at radius 2 is 1.74 bits per heavy atom. The molecule has 0 atom stereocenters. The molecule has 0 aliphatic heterocycles. The maximum atomic E-state index is 12.3. The molecule has 1 heterocycles. The molecule has 0 aliphatic carbocycles. The van der Waals surface area contributed by atoms with Gasteiger partial charge in [-0.05, 0) is 58.3 Å². The van der Waals surface area contributed by atoms with Crippen LogP contribution in [0.2, 0.25) is 0 Å². The second kappa shape index (κ2) is 9.30. The number of nitrogens with zero attached hydrogens (tertiary/aromatic N) is 1. The minimum atomic E-state index is -0.198. The van der Waals surface area contributed by atoms with Gasteiger partial charge >= 0.3 is 6.03 Å². The van der Waals surface area contributed by atoms with Crippen LogP contribution in [0.5, 0.6) is 5.75 Å². The molecule has 0 aliphatic rings. The average molecular weight is 412 g/mol. The molecule has 156 valence electrons. The summed E-state index contributed by atoms with van der Waals surface area (Å²) in [5, 5.41) is 7.97. The van der Waals surface area contributed by atoms with E-state index in [4.69, 9.17) is 4.74 Å². The predicted octanol–water partition coefficient (Wildman–Crippen LogP) is 5.22. The molecule has 2 amide bonds. The van der Waals surface area contributed by atoms with Crippen LogP contribution in [0.1, 0.15) is 16.7 Å². The Bertz CT molecular complexity index is 1210. The smallest absolute Gasteiger partial charge is 0.315 e. The predicted molar refractivity (Wildman–Crippen MR) is 124 cm³/mol. The van der Waals surface area contributed by atoms with Gasteiger partial charge in [0.15, 0.2) is 0 Å². The topological polar surface area (TPSA) is 63.2 Å². The molecule has 3 aromatic carbocycles. The molecule has 0 radical (unpaired) electrons. The van der Waals surface area contributed by atoms with Gasteiger partial charge in [0.05, 0.1) is 7.11 Å². The molecule has 0 unspecified atom stereocenters. The molecule has 0 saturated carbocycles. The number of urea groups is 1. The standard InChI is InChI=1S/C26H25N3O2/c1-18-14-20(9-11-25(18)31-2)22-10-8-21(24-17-27-13-12-23(22)24)16-29-26(30)28-15-19-6-4-3-5-7-19/h3-14,17H,15-16H2,1-2H3,(H2,28,29,30). The molecule has 5 nitrogen and oxygen atoms in total. The first-order valence-electron chi connectivity index (χ1n) is 10.2. The Morgan fingerprint density at radius 3 is 2.52 bits per heavy atom. The third kappa shape index (κ3) is 4.67. The lowest BCUT2D eigenvalue weighted by atomic mass is 9.95. The van der Waals surface area contributed by atoms with Gasteiger partial charge in [-0.15, -0.1) is 0 Å². The van der Waals surface area contributed by atoms with Crippen molar-refractivity contribution in [3.8, 4) is 16.9 Å². The van der Waals surface area contributed by atoms with Crippen molar-refractivity contribution in [2.45, 2.75) is 20.0 Å². The van der Waals surface area contributed by atoms with Crippen molar-refractivity contribution in [3.05, 3.63) is 95.8 Å². The summed E-state index contributed by atoms with van der Waals surface area (Å²) in [6, 6.07) is 22.0. The summed E-state index contributed by atoms with van der Waals surface area (Å²) in [5.74, 6) is 0.872. The molecule has 4 aromatic rings. The first-order valence-corrected chi connectivity index (χ1v) is 10.2. The Balaban J connectivity index is 1.53. The van der Waals surface area contributed by atoms with Gasteiger partial charge < -0.3 is 15.4 Å². The maximum Gasteiger partial charge on any atom is 0.315 e. The van der Waals surface area contributed by atoms with Crippen LogP contribution in [0.15, 0.2) is 79.1 Å². The monoisotopic (exact) mass is 411 g/mol. The van der Waals surface area contributed by atoms with Crippen molar-refractivity contribution in [2.24, 2.45) is 0 Å². The van der Waals surface area contributed by atoms with E-state index in [1.807, 2.05) is 55.6 Å². The number of pyridine rings is 1. The highest BCUT2D eigenvalue weighted by Crippen LogP contribution is 2.32. The highest BCUT2D eigenvalue weighted by molar-refractivity contribution is 5.98. The number of amides is 2. The summed E-state index contributed by atoms with van der Waals surface area (Å²) < 4.78 is 5.39. The van der Waals surface area contributed by atoms with Crippen LogP contribution in [-0.2, 0) is 13.1 Å². The van der Waals surface area contributed by atoms with Crippen molar-refractivity contribution >= 4 is 16.8 Å². The molecule has 5 heteroatoms. The number of aromatic nitrogens is 1. The molecule has 31 heavy (non-hydrogen) atoms. The molecular weight excluding hydrogens is 386 g/mol. The summed E-state index contributed by atoms with van der Waals surface area (Å²) in [5.41, 5.74) is 5.41. The molecule has 1 aromatic heterocycles. The van der Waals surface area contributed by atoms with E-state index < -0.39 is 0 Å². The molecule has 4 rings (SSSR count). The third-order valence-corrected chi connectivity index (χ3v) is 5.35. The van der Waals surface area contributed by atoms with Crippen LogP contribution in [-0.4, -0.2) is 18.1 Å².